The van der Waals surface area contributed by atoms with Gasteiger partial charge in [0.05, 0.1) is 11.0 Å². The Morgan fingerprint density at radius 1 is 0.889 bits per heavy atom. The van der Waals surface area contributed by atoms with E-state index in [1.54, 1.807) is 0 Å². The summed E-state index contributed by atoms with van der Waals surface area (Å²) in [5.41, 5.74) is 2.58. The molecule has 144 valence electrons. The first-order chi connectivity index (χ1) is 13.1. The van der Waals surface area contributed by atoms with Crippen molar-refractivity contribution in [3.63, 3.8) is 0 Å². The molecule has 2 aromatic carbocycles. The van der Waals surface area contributed by atoms with Crippen LogP contribution in [0.5, 0.6) is 0 Å². The Labute approximate surface area is 162 Å². The van der Waals surface area contributed by atoms with Crippen LogP contribution in [-0.4, -0.2) is 61.4 Å². The molecule has 4 nitrogen and oxygen atoms in total. The van der Waals surface area contributed by atoms with Crippen LogP contribution in [0.4, 0.5) is 0 Å². The van der Waals surface area contributed by atoms with E-state index in [2.05, 4.69) is 46.2 Å². The highest BCUT2D eigenvalue weighted by Gasteiger charge is 2.44. The molecule has 2 atom stereocenters. The summed E-state index contributed by atoms with van der Waals surface area (Å²) in [5, 5.41) is -0.250. The second-order valence-corrected chi connectivity index (χ2v) is 10.1. The lowest BCUT2D eigenvalue weighted by molar-refractivity contribution is 0.105. The van der Waals surface area contributed by atoms with Gasteiger partial charge in [-0.15, -0.1) is 0 Å². The Kier molecular flexibility index (Phi) is 5.62. The second-order valence-electron chi connectivity index (χ2n) is 7.75. The van der Waals surface area contributed by atoms with Crippen molar-refractivity contribution in [3.05, 3.63) is 71.8 Å². The minimum Gasteiger partial charge on any atom is -0.298 e. The van der Waals surface area contributed by atoms with Crippen LogP contribution < -0.4 is 0 Å². The van der Waals surface area contributed by atoms with Crippen molar-refractivity contribution in [2.45, 2.75) is 30.7 Å². The molecule has 2 heterocycles. The summed E-state index contributed by atoms with van der Waals surface area (Å²) in [5.74, 6) is 0.294. The van der Waals surface area contributed by atoms with Crippen molar-refractivity contribution >= 4 is 9.84 Å². The number of benzene rings is 2. The van der Waals surface area contributed by atoms with Gasteiger partial charge in [-0.25, -0.2) is 8.42 Å². The first kappa shape index (κ1) is 18.7. The number of hydrogen-bond acceptors (Lipinski definition) is 4. The van der Waals surface area contributed by atoms with E-state index in [0.29, 0.717) is 18.8 Å². The van der Waals surface area contributed by atoms with E-state index in [1.165, 1.54) is 11.1 Å². The zero-order chi connectivity index (χ0) is 18.7. The van der Waals surface area contributed by atoms with E-state index in [4.69, 9.17) is 0 Å². The predicted molar refractivity (Wildman–Crippen MR) is 109 cm³/mol. The molecule has 0 amide bonds. The maximum Gasteiger partial charge on any atom is 0.157 e. The summed E-state index contributed by atoms with van der Waals surface area (Å²) in [6.45, 7) is 4.08. The van der Waals surface area contributed by atoms with Crippen molar-refractivity contribution in [2.24, 2.45) is 0 Å². The minimum atomic E-state index is -3.01. The summed E-state index contributed by atoms with van der Waals surface area (Å²) >= 11 is 0. The zero-order valence-electron chi connectivity index (χ0n) is 15.7. The predicted octanol–water partition coefficient (Wildman–Crippen LogP) is 2.60. The molecule has 27 heavy (non-hydrogen) atoms. The van der Waals surface area contributed by atoms with Gasteiger partial charge < -0.3 is 0 Å². The first-order valence-corrected chi connectivity index (χ1v) is 11.6. The number of piperidine rings is 1. The van der Waals surface area contributed by atoms with Gasteiger partial charge in [0.2, 0.25) is 0 Å². The average molecular weight is 385 g/mol. The molecule has 0 N–H and O–H groups in total. The highest BCUT2D eigenvalue weighted by molar-refractivity contribution is 7.92. The van der Waals surface area contributed by atoms with Crippen molar-refractivity contribution < 1.29 is 8.42 Å². The third-order valence-electron chi connectivity index (χ3n) is 5.98. The van der Waals surface area contributed by atoms with Crippen LogP contribution >= 0.6 is 0 Å². The number of rotatable bonds is 5. The van der Waals surface area contributed by atoms with Gasteiger partial charge in [-0.05, 0) is 24.0 Å². The van der Waals surface area contributed by atoms with Crippen LogP contribution in [0.3, 0.4) is 0 Å². The number of sulfone groups is 1. The molecule has 0 spiro atoms. The van der Waals surface area contributed by atoms with E-state index in [1.807, 2.05) is 24.3 Å². The lowest BCUT2D eigenvalue weighted by Crippen LogP contribution is -2.61. The van der Waals surface area contributed by atoms with Crippen molar-refractivity contribution in [1.82, 2.24) is 9.80 Å². The van der Waals surface area contributed by atoms with Gasteiger partial charge in [0.25, 0.3) is 0 Å². The van der Waals surface area contributed by atoms with Crippen molar-refractivity contribution in [2.75, 3.05) is 31.9 Å². The quantitative estimate of drug-likeness (QED) is 0.795. The van der Waals surface area contributed by atoms with Crippen molar-refractivity contribution in [3.8, 4) is 0 Å². The van der Waals surface area contributed by atoms with Gasteiger partial charge in [0.1, 0.15) is 0 Å². The van der Waals surface area contributed by atoms with E-state index in [9.17, 15) is 8.42 Å². The standard InChI is InChI=1S/C22H28N2O2S/c25-27(26)16-15-24(14-11-19-7-3-1-4-8-19)21-12-13-23(18-22(21)27)17-20-9-5-2-6-10-20/h1-10,21-22H,11-18H2. The van der Waals surface area contributed by atoms with Gasteiger partial charge in [-0.2, -0.15) is 0 Å². The van der Waals surface area contributed by atoms with E-state index in [0.717, 1.165) is 32.5 Å². The second kappa shape index (κ2) is 8.13. The average Bonchev–Trinajstić information content (AvgIpc) is 2.69. The molecule has 2 saturated heterocycles. The van der Waals surface area contributed by atoms with E-state index >= 15 is 0 Å². The molecule has 2 aliphatic rings. The molecule has 0 aromatic heterocycles. The fourth-order valence-corrected chi connectivity index (χ4v) is 6.50. The molecule has 0 saturated carbocycles. The maximum absolute atomic E-state index is 12.8. The molecule has 2 unspecified atom stereocenters. The number of fused-ring (bicyclic) bond motifs is 1. The topological polar surface area (TPSA) is 40.6 Å². The maximum atomic E-state index is 12.8. The highest BCUT2D eigenvalue weighted by Crippen LogP contribution is 2.28. The molecule has 0 radical (unpaired) electrons. The summed E-state index contributed by atoms with van der Waals surface area (Å²) in [6, 6.07) is 21.0. The van der Waals surface area contributed by atoms with Crippen LogP contribution in [0, 0.1) is 0 Å². The smallest absolute Gasteiger partial charge is 0.157 e. The Morgan fingerprint density at radius 3 is 2.26 bits per heavy atom. The SMILES string of the molecule is O=S1(=O)CCN(CCc2ccccc2)C2CCN(Cc3ccccc3)CC21. The normalized spacial score (nSPS) is 25.8. The van der Waals surface area contributed by atoms with Crippen LogP contribution in [0.1, 0.15) is 17.5 Å². The Balaban J connectivity index is 1.42. The summed E-state index contributed by atoms with van der Waals surface area (Å²) in [6.07, 6.45) is 1.92. The van der Waals surface area contributed by atoms with Gasteiger partial charge >= 0.3 is 0 Å². The minimum absolute atomic E-state index is 0.166. The lowest BCUT2D eigenvalue weighted by Gasteiger charge is -2.46. The first-order valence-electron chi connectivity index (χ1n) is 9.88. The molecular formula is C22H28N2O2S. The highest BCUT2D eigenvalue weighted by atomic mass is 32.2. The third-order valence-corrected chi connectivity index (χ3v) is 8.12. The molecule has 0 bridgehead atoms. The summed E-state index contributed by atoms with van der Waals surface area (Å²) < 4.78 is 25.6. The van der Waals surface area contributed by atoms with Crippen LogP contribution in [0.25, 0.3) is 0 Å². The van der Waals surface area contributed by atoms with E-state index < -0.39 is 9.84 Å². The molecule has 2 aromatic rings. The molecule has 5 heteroatoms. The number of nitrogens with zero attached hydrogens (tertiary/aromatic N) is 2. The van der Waals surface area contributed by atoms with Crippen molar-refractivity contribution in [1.29, 1.82) is 0 Å². The Hall–Kier alpha value is -1.69. The molecular weight excluding hydrogens is 356 g/mol. The largest absolute Gasteiger partial charge is 0.298 e. The summed E-state index contributed by atoms with van der Waals surface area (Å²) in [7, 11) is -3.01. The summed E-state index contributed by atoms with van der Waals surface area (Å²) in [4.78, 5) is 4.74. The molecule has 2 fully saturated rings. The Bertz CT molecular complexity index is 839. The van der Waals surface area contributed by atoms with Gasteiger partial charge in [-0.3, -0.25) is 9.80 Å². The van der Waals surface area contributed by atoms with E-state index in [-0.39, 0.29) is 11.3 Å². The molecule has 4 rings (SSSR count). The fourth-order valence-electron chi connectivity index (χ4n) is 4.48. The van der Waals surface area contributed by atoms with Crippen LogP contribution in [-0.2, 0) is 22.8 Å². The van der Waals surface area contributed by atoms with Gasteiger partial charge in [-0.1, -0.05) is 60.7 Å². The zero-order valence-corrected chi connectivity index (χ0v) is 16.5. The van der Waals surface area contributed by atoms with Crippen LogP contribution in [0.2, 0.25) is 0 Å². The molecule has 2 aliphatic heterocycles. The van der Waals surface area contributed by atoms with Gasteiger partial charge in [0, 0.05) is 38.8 Å². The Morgan fingerprint density at radius 2 is 1.56 bits per heavy atom. The number of likely N-dealkylation sites (tertiary alicyclic amines) is 1. The fraction of sp³-hybridized carbons (Fsp3) is 0.455. The van der Waals surface area contributed by atoms with Gasteiger partial charge in [0.15, 0.2) is 9.84 Å². The van der Waals surface area contributed by atoms with Crippen LogP contribution in [0.15, 0.2) is 60.7 Å². The third kappa shape index (κ3) is 4.42. The molecule has 0 aliphatic carbocycles. The lowest BCUT2D eigenvalue weighted by atomic mass is 10.0. The monoisotopic (exact) mass is 384 g/mol. The number of hydrogen-bond donors (Lipinski definition) is 0.